The molecule has 0 fully saturated rings. The lowest BCUT2D eigenvalue weighted by molar-refractivity contribution is -0.389. The standard InChI is InChI=1S/C16H4ClF12IN/c17-11-7(2-1-3-31-11)10-8(4-6(5-9(10)30)13(19,20)21)12(18,15(24,25)26)14(22,23)16(27,28)29/h1-4H. The minimum Gasteiger partial charge on any atom is -0.244 e. The van der Waals surface area contributed by atoms with Gasteiger partial charge in [-0.25, -0.2) is 9.37 Å². The summed E-state index contributed by atoms with van der Waals surface area (Å²) in [6.45, 7) is 0. The highest BCUT2D eigenvalue weighted by atomic mass is 127. The molecule has 2 aromatic rings. The van der Waals surface area contributed by atoms with Gasteiger partial charge in [0.2, 0.25) is 0 Å². The number of alkyl halides is 12. The minimum atomic E-state index is -7.19. The monoisotopic (exact) mass is 600 g/mol. The molecule has 0 N–H and O–H groups in total. The third-order valence-corrected chi connectivity index (χ3v) is 5.02. The van der Waals surface area contributed by atoms with Crippen molar-refractivity contribution in [3.63, 3.8) is 0 Å². The summed E-state index contributed by atoms with van der Waals surface area (Å²) >= 11 is 6.52. The van der Waals surface area contributed by atoms with Crippen LogP contribution >= 0.6 is 34.2 Å². The molecular weight excluding hydrogens is 597 g/mol. The highest BCUT2D eigenvalue weighted by molar-refractivity contribution is 14.1. The Hall–Kier alpha value is -1.45. The average molecular weight is 601 g/mol. The number of benzene rings is 1. The predicted octanol–water partition coefficient (Wildman–Crippen LogP) is 7.75. The van der Waals surface area contributed by atoms with E-state index in [9.17, 15) is 48.3 Å². The van der Waals surface area contributed by atoms with Crippen molar-refractivity contribution in [1.29, 1.82) is 0 Å². The van der Waals surface area contributed by atoms with E-state index in [-0.39, 0.29) is 0 Å². The molecule has 0 saturated heterocycles. The van der Waals surface area contributed by atoms with Gasteiger partial charge in [-0.3, -0.25) is 0 Å². The molecule has 171 valence electrons. The Morgan fingerprint density at radius 2 is 1.42 bits per heavy atom. The van der Waals surface area contributed by atoms with Gasteiger partial charge in [-0.1, -0.05) is 11.6 Å². The first-order valence-electron chi connectivity index (χ1n) is 7.41. The Morgan fingerprint density at radius 1 is 0.871 bits per heavy atom. The third-order valence-electron chi connectivity index (χ3n) is 3.91. The fourth-order valence-corrected chi connectivity index (χ4v) is 3.59. The number of nitrogens with zero attached hydrogens (tertiary/aromatic N) is 1. The maximum absolute atomic E-state index is 15.1. The van der Waals surface area contributed by atoms with E-state index >= 15 is 4.39 Å². The van der Waals surface area contributed by atoms with Crippen molar-refractivity contribution >= 4 is 34.2 Å². The zero-order chi connectivity index (χ0) is 24.2. The molecule has 1 heterocycles. The quantitative estimate of drug-likeness (QED) is 0.200. The molecule has 1 unspecified atom stereocenters. The van der Waals surface area contributed by atoms with Gasteiger partial charge in [0, 0.05) is 32.5 Å². The van der Waals surface area contributed by atoms with Crippen molar-refractivity contribution in [2.75, 3.05) is 0 Å². The van der Waals surface area contributed by atoms with Crippen LogP contribution in [0, 0.1) is 9.64 Å². The Kier molecular flexibility index (Phi) is 6.53. The van der Waals surface area contributed by atoms with Crippen molar-refractivity contribution in [3.8, 4) is 11.1 Å². The lowest BCUT2D eigenvalue weighted by atomic mass is 9.82. The van der Waals surface area contributed by atoms with E-state index in [0.717, 1.165) is 40.9 Å². The highest BCUT2D eigenvalue weighted by Crippen LogP contribution is 2.60. The molecule has 0 aliphatic heterocycles. The molecule has 1 nitrogen and oxygen atoms in total. The van der Waals surface area contributed by atoms with E-state index in [1.807, 2.05) is 0 Å². The number of halogens is 14. The molecule has 0 bridgehead atoms. The molecule has 0 aliphatic rings. The van der Waals surface area contributed by atoms with E-state index in [1.165, 1.54) is 6.07 Å². The first kappa shape index (κ1) is 25.8. The normalized spacial score (nSPS) is 15.7. The summed E-state index contributed by atoms with van der Waals surface area (Å²) in [6.07, 6.45) is -18.8. The van der Waals surface area contributed by atoms with Crippen LogP contribution in [0.4, 0.5) is 52.7 Å². The maximum atomic E-state index is 15.1. The van der Waals surface area contributed by atoms with Crippen molar-refractivity contribution in [2.45, 2.75) is 30.1 Å². The summed E-state index contributed by atoms with van der Waals surface area (Å²) in [5.74, 6) is -7.19. The molecule has 1 radical (unpaired) electrons. The smallest absolute Gasteiger partial charge is 0.244 e. The van der Waals surface area contributed by atoms with Gasteiger partial charge in [0.25, 0.3) is 0 Å². The average Bonchev–Trinajstić information content (AvgIpc) is 2.58. The van der Waals surface area contributed by atoms with Crippen molar-refractivity contribution in [1.82, 2.24) is 4.98 Å². The number of hydrogen-bond acceptors (Lipinski definition) is 1. The maximum Gasteiger partial charge on any atom is 0.457 e. The Morgan fingerprint density at radius 3 is 1.84 bits per heavy atom. The predicted molar refractivity (Wildman–Crippen MR) is 91.1 cm³/mol. The number of rotatable bonds is 3. The number of aromatic nitrogens is 1. The van der Waals surface area contributed by atoms with Gasteiger partial charge in [0.05, 0.1) is 5.56 Å². The van der Waals surface area contributed by atoms with Gasteiger partial charge in [-0.05, 0) is 40.8 Å². The molecule has 2 rings (SSSR count). The lowest BCUT2D eigenvalue weighted by Gasteiger charge is -2.37. The van der Waals surface area contributed by atoms with E-state index in [4.69, 9.17) is 11.6 Å². The van der Waals surface area contributed by atoms with Crippen molar-refractivity contribution in [2.24, 2.45) is 0 Å². The third kappa shape index (κ3) is 4.28. The number of pyridine rings is 1. The van der Waals surface area contributed by atoms with Crippen molar-refractivity contribution in [3.05, 3.63) is 50.3 Å². The molecule has 1 aromatic heterocycles. The van der Waals surface area contributed by atoms with Crippen LogP contribution in [0.2, 0.25) is 5.15 Å². The first-order chi connectivity index (χ1) is 13.8. The van der Waals surface area contributed by atoms with Crippen LogP contribution in [0.3, 0.4) is 0 Å². The van der Waals surface area contributed by atoms with Crippen LogP contribution in [0.5, 0.6) is 0 Å². The van der Waals surface area contributed by atoms with Gasteiger partial charge in [-0.15, -0.1) is 0 Å². The lowest BCUT2D eigenvalue weighted by Crippen LogP contribution is -2.60. The van der Waals surface area contributed by atoms with Gasteiger partial charge >= 0.3 is 30.1 Å². The van der Waals surface area contributed by atoms with Crippen LogP contribution in [-0.2, 0) is 11.8 Å². The second kappa shape index (κ2) is 7.85. The van der Waals surface area contributed by atoms with Gasteiger partial charge in [0.15, 0.2) is 0 Å². The number of hydrogen-bond donors (Lipinski definition) is 0. The second-order valence-electron chi connectivity index (χ2n) is 5.85. The van der Waals surface area contributed by atoms with Crippen molar-refractivity contribution < 1.29 is 52.7 Å². The molecule has 15 heteroatoms. The summed E-state index contributed by atoms with van der Waals surface area (Å²) in [5.41, 5.74) is -13.7. The summed E-state index contributed by atoms with van der Waals surface area (Å²) in [5, 5.41) is -0.797. The summed E-state index contributed by atoms with van der Waals surface area (Å²) < 4.78 is 160. The van der Waals surface area contributed by atoms with Crippen LogP contribution in [0.1, 0.15) is 11.1 Å². The molecule has 0 aliphatic carbocycles. The van der Waals surface area contributed by atoms with Crippen LogP contribution in [-0.4, -0.2) is 23.3 Å². The summed E-state index contributed by atoms with van der Waals surface area (Å²) in [4.78, 5) is 3.38. The van der Waals surface area contributed by atoms with E-state index in [0.29, 0.717) is 0 Å². The molecular formula is C16H4ClF12IN. The molecule has 31 heavy (non-hydrogen) atoms. The Bertz CT molecular complexity index is 982. The van der Waals surface area contributed by atoms with Crippen LogP contribution < -0.4 is 0 Å². The molecule has 0 amide bonds. The zero-order valence-corrected chi connectivity index (χ0v) is 17.0. The van der Waals surface area contributed by atoms with Gasteiger partial charge in [0.1, 0.15) is 5.15 Å². The zero-order valence-electron chi connectivity index (χ0n) is 14.0. The van der Waals surface area contributed by atoms with E-state index < -0.39 is 67.2 Å². The van der Waals surface area contributed by atoms with Crippen LogP contribution in [0.25, 0.3) is 11.1 Å². The van der Waals surface area contributed by atoms with E-state index in [2.05, 4.69) is 4.98 Å². The highest BCUT2D eigenvalue weighted by Gasteiger charge is 2.82. The minimum absolute atomic E-state index is 0.750. The second-order valence-corrected chi connectivity index (χ2v) is 7.29. The largest absolute Gasteiger partial charge is 0.457 e. The summed E-state index contributed by atoms with van der Waals surface area (Å²) in [6, 6.07) is 2.40. The Labute approximate surface area is 183 Å². The topological polar surface area (TPSA) is 12.9 Å². The fraction of sp³-hybridized carbons (Fsp3) is 0.312. The Balaban J connectivity index is 3.14. The molecule has 1 aromatic carbocycles. The molecule has 0 spiro atoms. The van der Waals surface area contributed by atoms with Gasteiger partial charge < -0.3 is 0 Å². The molecule has 0 saturated carbocycles. The first-order valence-corrected chi connectivity index (χ1v) is 8.87. The van der Waals surface area contributed by atoms with E-state index in [1.54, 1.807) is 0 Å². The molecule has 1 atom stereocenters. The fourth-order valence-electron chi connectivity index (χ4n) is 2.51. The SMILES string of the molecule is FC(F)(F)c1[c]c(I)c(-c2cccnc2Cl)c(C(F)(C(F)(F)F)C(F)(F)C(F)(F)F)c1. The summed E-state index contributed by atoms with van der Waals surface area (Å²) in [7, 11) is 0. The van der Waals surface area contributed by atoms with Crippen LogP contribution in [0.15, 0.2) is 24.4 Å². The van der Waals surface area contributed by atoms with Gasteiger partial charge in [-0.2, -0.15) is 48.3 Å².